The molecule has 6 nitrogen and oxygen atoms in total. The van der Waals surface area contributed by atoms with Crippen molar-refractivity contribution in [3.8, 4) is 5.75 Å². The van der Waals surface area contributed by atoms with Gasteiger partial charge in [0.1, 0.15) is 23.7 Å². The Balaban J connectivity index is 1.70. The van der Waals surface area contributed by atoms with Crippen LogP contribution in [-0.2, 0) is 6.54 Å². The Bertz CT molecular complexity index is 808. The highest BCUT2D eigenvalue weighted by Crippen LogP contribution is 2.27. The maximum Gasteiger partial charge on any atom is 0.143 e. The van der Waals surface area contributed by atoms with E-state index in [1.165, 1.54) is 6.33 Å². The van der Waals surface area contributed by atoms with Crippen LogP contribution in [0.2, 0.25) is 0 Å². The average molecular weight is 335 g/mol. The topological polar surface area (TPSA) is 72.0 Å². The number of hydrogen-bond acceptors (Lipinski definition) is 6. The Kier molecular flexibility index (Phi) is 5.41. The van der Waals surface area contributed by atoms with Gasteiger partial charge in [-0.2, -0.15) is 0 Å². The molecule has 0 radical (unpaired) electrons. The Labute approximate surface area is 147 Å². The van der Waals surface area contributed by atoms with E-state index in [9.17, 15) is 0 Å². The number of hydrogen-bond donors (Lipinski definition) is 2. The molecule has 3 aromatic rings. The van der Waals surface area contributed by atoms with Crippen LogP contribution in [-0.4, -0.2) is 21.1 Å². The number of nitrogens with one attached hydrogen (secondary N) is 2. The van der Waals surface area contributed by atoms with Crippen LogP contribution in [0.3, 0.4) is 0 Å². The molecule has 0 atom stereocenters. The van der Waals surface area contributed by atoms with Crippen molar-refractivity contribution in [2.24, 2.45) is 0 Å². The molecule has 3 rings (SSSR count). The van der Waals surface area contributed by atoms with Gasteiger partial charge >= 0.3 is 0 Å². The predicted octanol–water partition coefficient (Wildman–Crippen LogP) is 4.01. The Morgan fingerprint density at radius 2 is 1.76 bits per heavy atom. The zero-order chi connectivity index (χ0) is 17.5. The minimum Gasteiger partial charge on any atom is -0.489 e. The highest BCUT2D eigenvalue weighted by molar-refractivity contribution is 5.65. The molecule has 2 heterocycles. The summed E-state index contributed by atoms with van der Waals surface area (Å²) >= 11 is 0. The molecule has 1 aromatic carbocycles. The fourth-order valence-electron chi connectivity index (χ4n) is 2.27. The van der Waals surface area contributed by atoms with E-state index in [1.807, 2.05) is 62.4 Å². The molecule has 0 bridgehead atoms. The van der Waals surface area contributed by atoms with Crippen molar-refractivity contribution in [1.82, 2.24) is 15.0 Å². The Hall–Kier alpha value is -3.15. The standard InChI is InChI=1S/C19H21N5O/c1-14(2)25-17-9-4-3-8-16(17)24-19-11-18(22-13-23-19)21-12-15-7-5-6-10-20-15/h3-11,13-14H,12H2,1-2H3,(H2,21,22,23,24). The first-order valence-electron chi connectivity index (χ1n) is 8.19. The summed E-state index contributed by atoms with van der Waals surface area (Å²) < 4.78 is 5.82. The van der Waals surface area contributed by atoms with Crippen LogP contribution in [0.4, 0.5) is 17.3 Å². The summed E-state index contributed by atoms with van der Waals surface area (Å²) in [5.41, 5.74) is 1.82. The molecule has 0 fully saturated rings. The number of anilines is 3. The summed E-state index contributed by atoms with van der Waals surface area (Å²) in [6, 6.07) is 15.5. The van der Waals surface area contributed by atoms with Gasteiger partial charge in [-0.25, -0.2) is 9.97 Å². The van der Waals surface area contributed by atoms with Gasteiger partial charge < -0.3 is 15.4 Å². The lowest BCUT2D eigenvalue weighted by Gasteiger charge is -2.15. The predicted molar refractivity (Wildman–Crippen MR) is 99.1 cm³/mol. The first-order chi connectivity index (χ1) is 12.2. The quantitative estimate of drug-likeness (QED) is 0.679. The summed E-state index contributed by atoms with van der Waals surface area (Å²) in [6.07, 6.45) is 3.40. The van der Waals surface area contributed by atoms with Crippen molar-refractivity contribution in [1.29, 1.82) is 0 Å². The molecule has 6 heteroatoms. The summed E-state index contributed by atoms with van der Waals surface area (Å²) in [4.78, 5) is 12.8. The second-order valence-electron chi connectivity index (χ2n) is 5.75. The molecule has 0 amide bonds. The van der Waals surface area contributed by atoms with Gasteiger partial charge in [0.05, 0.1) is 24.0 Å². The van der Waals surface area contributed by atoms with Crippen LogP contribution >= 0.6 is 0 Å². The van der Waals surface area contributed by atoms with Gasteiger partial charge in [0.15, 0.2) is 0 Å². The van der Waals surface area contributed by atoms with Crippen LogP contribution in [0.5, 0.6) is 5.75 Å². The summed E-state index contributed by atoms with van der Waals surface area (Å²) in [7, 11) is 0. The number of nitrogens with zero attached hydrogens (tertiary/aromatic N) is 3. The van der Waals surface area contributed by atoms with Gasteiger partial charge in [-0.15, -0.1) is 0 Å². The zero-order valence-corrected chi connectivity index (χ0v) is 14.3. The van der Waals surface area contributed by atoms with E-state index in [1.54, 1.807) is 6.20 Å². The molecule has 0 saturated heterocycles. The third kappa shape index (κ3) is 4.91. The third-order valence-electron chi connectivity index (χ3n) is 3.36. The van der Waals surface area contributed by atoms with E-state index in [0.29, 0.717) is 12.4 Å². The van der Waals surface area contributed by atoms with Crippen molar-refractivity contribution >= 4 is 17.3 Å². The smallest absolute Gasteiger partial charge is 0.143 e. The number of aromatic nitrogens is 3. The van der Waals surface area contributed by atoms with Crippen molar-refractivity contribution in [2.45, 2.75) is 26.5 Å². The van der Waals surface area contributed by atoms with E-state index in [4.69, 9.17) is 4.74 Å². The monoisotopic (exact) mass is 335 g/mol. The van der Waals surface area contributed by atoms with Gasteiger partial charge in [0.25, 0.3) is 0 Å². The van der Waals surface area contributed by atoms with Crippen LogP contribution < -0.4 is 15.4 Å². The third-order valence-corrected chi connectivity index (χ3v) is 3.36. The van der Waals surface area contributed by atoms with Gasteiger partial charge in [-0.1, -0.05) is 18.2 Å². The van der Waals surface area contributed by atoms with Crippen LogP contribution in [0.1, 0.15) is 19.5 Å². The molecule has 2 aromatic heterocycles. The van der Waals surface area contributed by atoms with E-state index in [0.717, 1.165) is 22.9 Å². The second kappa shape index (κ2) is 8.10. The van der Waals surface area contributed by atoms with Gasteiger partial charge in [0.2, 0.25) is 0 Å². The summed E-state index contributed by atoms with van der Waals surface area (Å²) in [5, 5.41) is 6.53. The number of para-hydroxylation sites is 2. The highest BCUT2D eigenvalue weighted by atomic mass is 16.5. The largest absolute Gasteiger partial charge is 0.489 e. The maximum absolute atomic E-state index is 5.82. The fourth-order valence-corrected chi connectivity index (χ4v) is 2.27. The Morgan fingerprint density at radius 1 is 0.960 bits per heavy atom. The van der Waals surface area contributed by atoms with Crippen molar-refractivity contribution in [3.05, 3.63) is 66.7 Å². The average Bonchev–Trinajstić information content (AvgIpc) is 2.62. The normalized spacial score (nSPS) is 10.5. The number of benzene rings is 1. The lowest BCUT2D eigenvalue weighted by atomic mass is 10.3. The van der Waals surface area contributed by atoms with E-state index < -0.39 is 0 Å². The summed E-state index contributed by atoms with van der Waals surface area (Å²) in [6.45, 7) is 4.60. The van der Waals surface area contributed by atoms with Crippen molar-refractivity contribution < 1.29 is 4.74 Å². The minimum absolute atomic E-state index is 0.101. The van der Waals surface area contributed by atoms with Gasteiger partial charge in [-0.3, -0.25) is 4.98 Å². The zero-order valence-electron chi connectivity index (χ0n) is 14.3. The van der Waals surface area contributed by atoms with Gasteiger partial charge in [-0.05, 0) is 38.1 Å². The SMILES string of the molecule is CC(C)Oc1ccccc1Nc1cc(NCc2ccccn2)ncn1. The van der Waals surface area contributed by atoms with E-state index in [-0.39, 0.29) is 6.10 Å². The second-order valence-corrected chi connectivity index (χ2v) is 5.75. The lowest BCUT2D eigenvalue weighted by Crippen LogP contribution is -2.08. The Morgan fingerprint density at radius 3 is 2.56 bits per heavy atom. The minimum atomic E-state index is 0.101. The van der Waals surface area contributed by atoms with Gasteiger partial charge in [0, 0.05) is 12.3 Å². The summed E-state index contributed by atoms with van der Waals surface area (Å²) in [5.74, 6) is 2.21. The number of pyridine rings is 1. The number of ether oxygens (including phenoxy) is 1. The molecule has 0 unspecified atom stereocenters. The lowest BCUT2D eigenvalue weighted by molar-refractivity contribution is 0.244. The molecular weight excluding hydrogens is 314 g/mol. The molecule has 0 aliphatic rings. The molecule has 0 aliphatic carbocycles. The number of rotatable bonds is 7. The first-order valence-corrected chi connectivity index (χ1v) is 8.19. The first kappa shape index (κ1) is 16.7. The maximum atomic E-state index is 5.82. The van der Waals surface area contributed by atoms with Crippen molar-refractivity contribution in [3.63, 3.8) is 0 Å². The molecule has 128 valence electrons. The fraction of sp³-hybridized carbons (Fsp3) is 0.211. The van der Waals surface area contributed by atoms with E-state index >= 15 is 0 Å². The molecule has 0 spiro atoms. The molecule has 2 N–H and O–H groups in total. The van der Waals surface area contributed by atoms with Crippen LogP contribution in [0.25, 0.3) is 0 Å². The highest BCUT2D eigenvalue weighted by Gasteiger charge is 2.07. The molecule has 0 saturated carbocycles. The van der Waals surface area contributed by atoms with Crippen LogP contribution in [0.15, 0.2) is 61.1 Å². The van der Waals surface area contributed by atoms with Crippen molar-refractivity contribution in [2.75, 3.05) is 10.6 Å². The van der Waals surface area contributed by atoms with E-state index in [2.05, 4.69) is 25.6 Å². The molecular formula is C19H21N5O. The molecule has 0 aliphatic heterocycles. The molecule has 25 heavy (non-hydrogen) atoms. The van der Waals surface area contributed by atoms with Crippen LogP contribution in [0, 0.1) is 0 Å².